The SMILES string of the molecule is COC(=O)c1cc(OC)c2nc(CN3CCN(c4cccc5c4OC(C)(c4ccc(Cl)cn4)O5)C4CC43)n(CC3(C#N)CC3)c2c1. The molecule has 12 heteroatoms. The zero-order chi connectivity index (χ0) is 31.8. The molecule has 8 rings (SSSR count). The number of anilines is 1. The van der Waals surface area contributed by atoms with Crippen molar-refractivity contribution < 1.29 is 23.7 Å². The number of nitrogens with zero attached hydrogens (tertiary/aromatic N) is 6. The van der Waals surface area contributed by atoms with E-state index in [1.54, 1.807) is 31.5 Å². The van der Waals surface area contributed by atoms with Crippen molar-refractivity contribution >= 4 is 34.3 Å². The Kier molecular flexibility index (Phi) is 6.60. The van der Waals surface area contributed by atoms with Crippen LogP contribution in [0.4, 0.5) is 5.69 Å². The van der Waals surface area contributed by atoms with E-state index in [0.29, 0.717) is 58.5 Å². The van der Waals surface area contributed by atoms with Gasteiger partial charge in [-0.2, -0.15) is 5.26 Å². The maximum Gasteiger partial charge on any atom is 0.338 e. The average Bonchev–Trinajstić information content (AvgIpc) is 3.97. The number of esters is 1. The van der Waals surface area contributed by atoms with E-state index in [2.05, 4.69) is 31.5 Å². The van der Waals surface area contributed by atoms with Crippen molar-refractivity contribution in [1.82, 2.24) is 19.4 Å². The van der Waals surface area contributed by atoms with Crippen LogP contribution < -0.4 is 19.1 Å². The van der Waals surface area contributed by atoms with Gasteiger partial charge in [-0.1, -0.05) is 17.7 Å². The van der Waals surface area contributed by atoms with E-state index in [9.17, 15) is 10.1 Å². The number of pyridine rings is 1. The number of halogens is 1. The minimum absolute atomic E-state index is 0.316. The molecule has 4 aromatic rings. The zero-order valence-corrected chi connectivity index (χ0v) is 26.6. The number of nitriles is 1. The second-order valence-electron chi connectivity index (χ2n) is 12.7. The van der Waals surface area contributed by atoms with Crippen molar-refractivity contribution in [2.75, 3.05) is 32.2 Å². The van der Waals surface area contributed by atoms with Gasteiger partial charge >= 0.3 is 5.97 Å². The van der Waals surface area contributed by atoms with Gasteiger partial charge in [-0.15, -0.1) is 0 Å². The second kappa shape index (κ2) is 10.5. The monoisotopic (exact) mass is 640 g/mol. The molecule has 0 spiro atoms. The Hall–Kier alpha value is -4.53. The van der Waals surface area contributed by atoms with Crippen LogP contribution in [0.15, 0.2) is 48.7 Å². The molecule has 236 valence electrons. The Morgan fingerprint density at radius 3 is 2.72 bits per heavy atom. The number of methoxy groups -OCH3 is 2. The van der Waals surface area contributed by atoms with Crippen LogP contribution in [0, 0.1) is 16.7 Å². The number of rotatable bonds is 8. The lowest BCUT2D eigenvalue weighted by molar-refractivity contribution is -0.0716. The van der Waals surface area contributed by atoms with Crippen LogP contribution in [0.2, 0.25) is 5.02 Å². The molecule has 2 aromatic carbocycles. The lowest BCUT2D eigenvalue weighted by Gasteiger charge is -2.36. The highest BCUT2D eigenvalue weighted by Crippen LogP contribution is 2.52. The van der Waals surface area contributed by atoms with Gasteiger partial charge in [0, 0.05) is 44.8 Å². The maximum absolute atomic E-state index is 12.5. The molecule has 11 nitrogen and oxygen atoms in total. The fourth-order valence-electron chi connectivity index (χ4n) is 6.92. The first-order valence-electron chi connectivity index (χ1n) is 15.5. The molecular formula is C34H33ClN6O5. The summed E-state index contributed by atoms with van der Waals surface area (Å²) in [5.74, 6) is 1.29. The molecule has 2 aliphatic heterocycles. The van der Waals surface area contributed by atoms with Gasteiger partial charge in [0.1, 0.15) is 22.8 Å². The predicted octanol–water partition coefficient (Wildman–Crippen LogP) is 5.29. The summed E-state index contributed by atoms with van der Waals surface area (Å²) in [5.41, 5.74) is 3.10. The third-order valence-electron chi connectivity index (χ3n) is 9.72. The van der Waals surface area contributed by atoms with Crippen LogP contribution in [0.3, 0.4) is 0 Å². The smallest absolute Gasteiger partial charge is 0.338 e. The quantitative estimate of drug-likeness (QED) is 0.235. The number of hydrogen-bond acceptors (Lipinski definition) is 10. The van der Waals surface area contributed by atoms with Crippen molar-refractivity contribution in [1.29, 1.82) is 5.26 Å². The third kappa shape index (κ3) is 4.70. The number of imidazole rings is 1. The fourth-order valence-corrected chi connectivity index (χ4v) is 7.03. The minimum atomic E-state index is -1.05. The lowest BCUT2D eigenvalue weighted by Crippen LogP contribution is -2.46. The normalized spacial score (nSPS) is 23.9. The van der Waals surface area contributed by atoms with Gasteiger partial charge in [-0.05, 0) is 55.7 Å². The summed E-state index contributed by atoms with van der Waals surface area (Å²) in [6, 6.07) is 16.3. The molecule has 46 heavy (non-hydrogen) atoms. The first kappa shape index (κ1) is 28.9. The second-order valence-corrected chi connectivity index (χ2v) is 13.1. The number of fused-ring (bicyclic) bond motifs is 3. The first-order chi connectivity index (χ1) is 22.2. The van der Waals surface area contributed by atoms with Gasteiger partial charge in [0.05, 0.1) is 54.0 Å². The van der Waals surface area contributed by atoms with Gasteiger partial charge in [0.25, 0.3) is 5.79 Å². The molecule has 2 aromatic heterocycles. The molecule has 0 radical (unpaired) electrons. The Morgan fingerprint density at radius 1 is 1.15 bits per heavy atom. The molecule has 3 atom stereocenters. The van der Waals surface area contributed by atoms with E-state index >= 15 is 0 Å². The van der Waals surface area contributed by atoms with Gasteiger partial charge in [-0.3, -0.25) is 9.88 Å². The Balaban J connectivity index is 1.06. The highest BCUT2D eigenvalue weighted by molar-refractivity contribution is 6.30. The van der Waals surface area contributed by atoms with Crippen LogP contribution in [0.5, 0.6) is 17.2 Å². The largest absolute Gasteiger partial charge is 0.494 e. The van der Waals surface area contributed by atoms with Crippen LogP contribution in [-0.2, 0) is 23.6 Å². The zero-order valence-electron chi connectivity index (χ0n) is 25.8. The molecule has 0 amide bonds. The van der Waals surface area contributed by atoms with E-state index < -0.39 is 17.2 Å². The van der Waals surface area contributed by atoms with Crippen molar-refractivity contribution in [3.8, 4) is 23.3 Å². The fraction of sp³-hybridized carbons (Fsp3) is 0.412. The van der Waals surface area contributed by atoms with E-state index in [0.717, 1.165) is 55.1 Å². The summed E-state index contributed by atoms with van der Waals surface area (Å²) in [4.78, 5) is 26.9. The van der Waals surface area contributed by atoms with Crippen molar-refractivity contribution in [2.24, 2.45) is 5.41 Å². The summed E-state index contributed by atoms with van der Waals surface area (Å²) in [5, 5.41) is 10.5. The highest BCUT2D eigenvalue weighted by atomic mass is 35.5. The van der Waals surface area contributed by atoms with Crippen molar-refractivity contribution in [3.63, 3.8) is 0 Å². The molecular weight excluding hydrogens is 608 g/mol. The maximum atomic E-state index is 12.5. The molecule has 3 fully saturated rings. The highest BCUT2D eigenvalue weighted by Gasteiger charge is 2.51. The van der Waals surface area contributed by atoms with Crippen LogP contribution in [0.25, 0.3) is 11.0 Å². The Bertz CT molecular complexity index is 1920. The van der Waals surface area contributed by atoms with Gasteiger partial charge < -0.3 is 28.4 Å². The molecule has 4 heterocycles. The molecule has 2 aliphatic carbocycles. The Labute approximate surface area is 271 Å². The summed E-state index contributed by atoms with van der Waals surface area (Å²) in [6.45, 7) is 4.63. The summed E-state index contributed by atoms with van der Waals surface area (Å²) < 4.78 is 25.6. The van der Waals surface area contributed by atoms with Crippen LogP contribution >= 0.6 is 11.6 Å². The van der Waals surface area contributed by atoms with Gasteiger partial charge in [0.2, 0.25) is 0 Å². The number of piperazine rings is 1. The number of aromatic nitrogens is 3. The average molecular weight is 641 g/mol. The van der Waals surface area contributed by atoms with Gasteiger partial charge in [-0.25, -0.2) is 9.78 Å². The molecule has 3 unspecified atom stereocenters. The molecule has 4 aliphatic rings. The van der Waals surface area contributed by atoms with Crippen LogP contribution in [0.1, 0.15) is 48.1 Å². The lowest BCUT2D eigenvalue weighted by atomic mass is 10.1. The number of ether oxygens (including phenoxy) is 4. The number of para-hydroxylation sites is 1. The minimum Gasteiger partial charge on any atom is -0.494 e. The number of hydrogen-bond donors (Lipinski definition) is 0. The first-order valence-corrected chi connectivity index (χ1v) is 15.8. The predicted molar refractivity (Wildman–Crippen MR) is 169 cm³/mol. The van der Waals surface area contributed by atoms with E-state index in [4.69, 9.17) is 35.5 Å². The summed E-state index contributed by atoms with van der Waals surface area (Å²) in [6.07, 6.45) is 4.30. The van der Waals surface area contributed by atoms with Gasteiger partial charge in [0.15, 0.2) is 11.5 Å². The number of carbonyl (C=O) groups is 1. The molecule has 2 saturated carbocycles. The van der Waals surface area contributed by atoms with E-state index in [1.807, 2.05) is 25.1 Å². The molecule has 0 N–H and O–H groups in total. The third-order valence-corrected chi connectivity index (χ3v) is 9.94. The standard InChI is InChI=1S/C34H33ClN6O5/c1-33(28-8-7-21(35)16-37-28)45-26-6-4-5-22(31(26)46-33)40-12-11-39(23-15-24(23)40)17-29-38-30-25(41(29)19-34(18-36)9-10-34)13-20(32(42)44-3)14-27(30)43-2/h4-8,13-14,16,23-24H,9-12,15,17,19H2,1-3H3. The van der Waals surface area contributed by atoms with Crippen molar-refractivity contribution in [2.45, 2.75) is 57.1 Å². The van der Waals surface area contributed by atoms with Crippen LogP contribution in [-0.4, -0.2) is 64.8 Å². The molecule has 0 bridgehead atoms. The number of carbonyl (C=O) groups excluding carboxylic acids is 1. The van der Waals surface area contributed by atoms with E-state index in [1.165, 1.54) is 7.11 Å². The summed E-state index contributed by atoms with van der Waals surface area (Å²) in [7, 11) is 2.94. The summed E-state index contributed by atoms with van der Waals surface area (Å²) >= 11 is 6.07. The number of benzene rings is 2. The van der Waals surface area contributed by atoms with E-state index in [-0.39, 0.29) is 0 Å². The Morgan fingerprint density at radius 2 is 2.00 bits per heavy atom. The topological polar surface area (TPSA) is 115 Å². The van der Waals surface area contributed by atoms with Crippen molar-refractivity contribution in [3.05, 3.63) is 70.8 Å². The molecule has 1 saturated heterocycles.